The van der Waals surface area contributed by atoms with Gasteiger partial charge in [0.2, 0.25) is 10.8 Å². The Bertz CT molecular complexity index is 871. The number of hydrogen-bond donors (Lipinski definition) is 4. The molecule has 0 saturated carbocycles. The summed E-state index contributed by atoms with van der Waals surface area (Å²) in [6, 6.07) is 6.40. The molecule has 1 aromatic carbocycles. The third-order valence-corrected chi connectivity index (χ3v) is 5.44. The Kier molecular flexibility index (Phi) is 5.11. The molecule has 26 heavy (non-hydrogen) atoms. The minimum Gasteiger partial charge on any atom is -0.480 e. The van der Waals surface area contributed by atoms with Gasteiger partial charge in [-0.2, -0.15) is 0 Å². The van der Waals surface area contributed by atoms with Gasteiger partial charge in [0.25, 0.3) is 0 Å². The van der Waals surface area contributed by atoms with Gasteiger partial charge in [-0.1, -0.05) is 50.1 Å². The maximum absolute atomic E-state index is 11.9. The summed E-state index contributed by atoms with van der Waals surface area (Å²) >= 11 is 6.29. The molecule has 2 rings (SSSR count). The summed E-state index contributed by atoms with van der Waals surface area (Å²) < 4.78 is 0.409. The van der Waals surface area contributed by atoms with Gasteiger partial charge in [0, 0.05) is 8.96 Å². The highest BCUT2D eigenvalue weighted by atomic mass is 79.9. The molecule has 0 saturated heterocycles. The zero-order chi connectivity index (χ0) is 19.9. The summed E-state index contributed by atoms with van der Waals surface area (Å²) in [5, 5.41) is 38.2. The topological polar surface area (TPSA) is 149 Å². The normalized spacial score (nSPS) is 17.6. The summed E-state index contributed by atoms with van der Waals surface area (Å²) in [5.41, 5.74) is -6.15. The van der Waals surface area contributed by atoms with Gasteiger partial charge in [0.15, 0.2) is 0 Å². The van der Waals surface area contributed by atoms with Crippen LogP contribution < -0.4 is 0 Å². The van der Waals surface area contributed by atoms with E-state index in [1.165, 1.54) is 6.07 Å². The van der Waals surface area contributed by atoms with Crippen LogP contribution in [0, 0.1) is 10.8 Å². The Hall–Kier alpha value is -2.46. The molecule has 0 bridgehead atoms. The van der Waals surface area contributed by atoms with E-state index in [2.05, 4.69) is 31.9 Å². The van der Waals surface area contributed by atoms with E-state index >= 15 is 0 Å². The van der Waals surface area contributed by atoms with E-state index < -0.39 is 34.7 Å². The van der Waals surface area contributed by atoms with Crippen LogP contribution in [0.25, 0.3) is 5.57 Å². The molecule has 0 amide bonds. The maximum Gasteiger partial charge on any atom is 0.327 e. The molecule has 0 heterocycles. The second-order valence-electron chi connectivity index (χ2n) is 5.37. The summed E-state index contributed by atoms with van der Waals surface area (Å²) in [6.07, 6.45) is 1.23. The first kappa shape index (κ1) is 19.9. The predicted molar refractivity (Wildman–Crippen MR) is 94.5 cm³/mol. The molecule has 1 aliphatic carbocycles. The van der Waals surface area contributed by atoms with E-state index in [9.17, 15) is 39.6 Å². The Labute approximate surface area is 162 Å². The highest BCUT2D eigenvalue weighted by Gasteiger charge is 2.71. The van der Waals surface area contributed by atoms with Crippen LogP contribution in [0.5, 0.6) is 0 Å². The number of carbonyl (C=O) groups is 4. The monoisotopic (exact) mass is 488 g/mol. The van der Waals surface area contributed by atoms with E-state index in [-0.39, 0.29) is 10.1 Å². The number of allylic oxidation sites excluding steroid dienone is 2. The number of hydrogen-bond acceptors (Lipinski definition) is 4. The van der Waals surface area contributed by atoms with Crippen molar-refractivity contribution in [1.29, 1.82) is 0 Å². The zero-order valence-corrected chi connectivity index (χ0v) is 15.8. The number of rotatable bonds is 5. The third-order valence-electron chi connectivity index (χ3n) is 4.10. The number of carboxylic acids is 4. The molecule has 10 heteroatoms. The van der Waals surface area contributed by atoms with Gasteiger partial charge < -0.3 is 20.4 Å². The zero-order valence-electron chi connectivity index (χ0n) is 12.6. The second-order valence-corrected chi connectivity index (χ2v) is 7.08. The van der Waals surface area contributed by atoms with Crippen molar-refractivity contribution in [2.45, 2.75) is 0 Å². The summed E-state index contributed by atoms with van der Waals surface area (Å²) in [5.74, 6) is -8.46. The molecule has 0 atom stereocenters. The Morgan fingerprint density at radius 3 is 1.58 bits per heavy atom. The van der Waals surface area contributed by atoms with E-state index in [1.54, 1.807) is 18.2 Å². The lowest BCUT2D eigenvalue weighted by Crippen LogP contribution is -2.60. The number of halogens is 2. The molecule has 4 N–H and O–H groups in total. The molecule has 136 valence electrons. The highest BCUT2D eigenvalue weighted by molar-refractivity contribution is 9.12. The first-order valence-electron chi connectivity index (χ1n) is 6.82. The summed E-state index contributed by atoms with van der Waals surface area (Å²) in [7, 11) is 0. The number of benzene rings is 1. The molecular weight excluding hydrogens is 480 g/mol. The molecule has 1 aromatic rings. The molecule has 0 spiro atoms. The van der Waals surface area contributed by atoms with Crippen LogP contribution in [-0.4, -0.2) is 44.3 Å². The Morgan fingerprint density at radius 2 is 1.15 bits per heavy atom. The summed E-state index contributed by atoms with van der Waals surface area (Å²) in [4.78, 5) is 47.4. The van der Waals surface area contributed by atoms with Crippen molar-refractivity contribution in [3.8, 4) is 0 Å². The smallest absolute Gasteiger partial charge is 0.327 e. The van der Waals surface area contributed by atoms with Crippen molar-refractivity contribution in [3.05, 3.63) is 50.9 Å². The highest BCUT2D eigenvalue weighted by Crippen LogP contribution is 2.52. The molecule has 0 aromatic heterocycles. The predicted octanol–water partition coefficient (Wildman–Crippen LogP) is 2.44. The van der Waals surface area contributed by atoms with Crippen LogP contribution in [0.4, 0.5) is 0 Å². The molecule has 0 unspecified atom stereocenters. The van der Waals surface area contributed by atoms with Gasteiger partial charge in [-0.25, -0.2) is 0 Å². The largest absolute Gasteiger partial charge is 0.480 e. The van der Waals surface area contributed by atoms with Gasteiger partial charge in [-0.3, -0.25) is 19.2 Å². The number of carboxylic acid groups (broad SMARTS) is 4. The maximum atomic E-state index is 11.9. The average Bonchev–Trinajstić information content (AvgIpc) is 2.54. The van der Waals surface area contributed by atoms with Crippen molar-refractivity contribution in [2.75, 3.05) is 0 Å². The lowest BCUT2D eigenvalue weighted by Gasteiger charge is -2.38. The average molecular weight is 490 g/mol. The van der Waals surface area contributed by atoms with E-state index in [1.807, 2.05) is 0 Å². The lowest BCUT2D eigenvalue weighted by atomic mass is 9.59. The first-order chi connectivity index (χ1) is 12.0. The van der Waals surface area contributed by atoms with Gasteiger partial charge in [-0.15, -0.1) is 0 Å². The molecule has 0 aliphatic heterocycles. The van der Waals surface area contributed by atoms with E-state index in [0.29, 0.717) is 22.2 Å². The van der Waals surface area contributed by atoms with E-state index in [0.717, 1.165) is 0 Å². The van der Waals surface area contributed by atoms with E-state index in [4.69, 9.17) is 0 Å². The van der Waals surface area contributed by atoms with Gasteiger partial charge >= 0.3 is 23.9 Å². The summed E-state index contributed by atoms with van der Waals surface area (Å²) in [6.45, 7) is 0. The van der Waals surface area contributed by atoms with Crippen molar-refractivity contribution < 1.29 is 39.6 Å². The fourth-order valence-corrected chi connectivity index (χ4v) is 3.94. The fraction of sp³-hybridized carbons (Fsp3) is 0.125. The van der Waals surface area contributed by atoms with Crippen molar-refractivity contribution in [1.82, 2.24) is 0 Å². The Balaban J connectivity index is 2.98. The van der Waals surface area contributed by atoms with Crippen LogP contribution >= 0.6 is 31.9 Å². The van der Waals surface area contributed by atoms with Gasteiger partial charge in [0.1, 0.15) is 0 Å². The van der Waals surface area contributed by atoms with Crippen LogP contribution in [-0.2, 0) is 19.2 Å². The first-order valence-corrected chi connectivity index (χ1v) is 8.41. The molecule has 8 nitrogen and oxygen atoms in total. The van der Waals surface area contributed by atoms with Crippen molar-refractivity contribution >= 4 is 61.3 Å². The fourth-order valence-electron chi connectivity index (χ4n) is 2.77. The lowest BCUT2D eigenvalue weighted by molar-refractivity contribution is -0.185. The molecule has 0 fully saturated rings. The van der Waals surface area contributed by atoms with Crippen LogP contribution in [0.1, 0.15) is 5.56 Å². The minimum absolute atomic E-state index is 0.0281. The van der Waals surface area contributed by atoms with Gasteiger partial charge in [0.05, 0.1) is 0 Å². The van der Waals surface area contributed by atoms with Crippen molar-refractivity contribution in [2.24, 2.45) is 10.8 Å². The molecular formula is C16H10Br2O8. The van der Waals surface area contributed by atoms with Crippen LogP contribution in [0.2, 0.25) is 0 Å². The molecule has 1 aliphatic rings. The number of aliphatic carboxylic acids is 4. The van der Waals surface area contributed by atoms with Gasteiger partial charge in [-0.05, 0) is 29.4 Å². The molecule has 0 radical (unpaired) electrons. The minimum atomic E-state index is -3.27. The van der Waals surface area contributed by atoms with Crippen LogP contribution in [0.15, 0.2) is 45.4 Å². The van der Waals surface area contributed by atoms with Crippen molar-refractivity contribution in [3.63, 3.8) is 0 Å². The third kappa shape index (κ3) is 2.56. The standard InChI is InChI=1S/C16H10Br2O8/c17-9-4-2-1-3-7(9)8-5-15(11(19)20,12(21)22)16(13(23)24,14(25)26)6-10(8)18/h1-6H,(H,19,20)(H,21,22)(H,23,24)(H,25,26). The Morgan fingerprint density at radius 1 is 0.731 bits per heavy atom. The second kappa shape index (κ2) is 6.69. The quantitative estimate of drug-likeness (QED) is 0.460. The van der Waals surface area contributed by atoms with Crippen LogP contribution in [0.3, 0.4) is 0 Å². The SMILES string of the molecule is O=C(O)C1(C(=O)O)C=C(Br)C(c2ccccc2Br)=CC1(C(=O)O)C(=O)O.